The van der Waals surface area contributed by atoms with Gasteiger partial charge in [-0.1, -0.05) is 39.0 Å². The molecule has 1 saturated heterocycles. The number of carbonyl (C=O) groups is 1. The summed E-state index contributed by atoms with van der Waals surface area (Å²) in [5.74, 6) is 0.418. The zero-order chi connectivity index (χ0) is 19.6. The van der Waals surface area contributed by atoms with Crippen molar-refractivity contribution in [2.45, 2.75) is 52.1 Å². The predicted molar refractivity (Wildman–Crippen MR) is 107 cm³/mol. The number of amides is 2. The van der Waals surface area contributed by atoms with Crippen molar-refractivity contribution in [2.24, 2.45) is 0 Å². The van der Waals surface area contributed by atoms with Crippen LogP contribution in [0.25, 0.3) is 5.69 Å². The highest BCUT2D eigenvalue weighted by atomic mass is 16.5. The van der Waals surface area contributed by atoms with E-state index in [2.05, 4.69) is 10.6 Å². The number of ether oxygens (including phenoxy) is 1. The molecule has 1 atom stereocenters. The fourth-order valence-electron chi connectivity index (χ4n) is 3.23. The molecule has 1 aromatic heterocycles. The van der Waals surface area contributed by atoms with Gasteiger partial charge in [-0.3, -0.25) is 0 Å². The van der Waals surface area contributed by atoms with E-state index in [9.17, 15) is 4.79 Å². The largest absolute Gasteiger partial charge is 0.382 e. The number of hydrogen-bond acceptors (Lipinski definition) is 4. The highest BCUT2D eigenvalue weighted by Crippen LogP contribution is 2.35. The summed E-state index contributed by atoms with van der Waals surface area (Å²) in [5.41, 5.74) is 9.37. The Morgan fingerprint density at radius 2 is 2.11 bits per heavy atom. The van der Waals surface area contributed by atoms with Gasteiger partial charge in [-0.25, -0.2) is 9.48 Å². The quantitative estimate of drug-likeness (QED) is 0.768. The minimum atomic E-state index is -0.299. The van der Waals surface area contributed by atoms with E-state index in [1.165, 1.54) is 0 Å². The molecular weight excluding hydrogens is 342 g/mol. The second-order valence-electron chi connectivity index (χ2n) is 8.03. The van der Waals surface area contributed by atoms with Gasteiger partial charge in [0.2, 0.25) is 0 Å². The summed E-state index contributed by atoms with van der Waals surface area (Å²) in [6.45, 7) is 9.40. The highest BCUT2D eigenvalue weighted by molar-refractivity contribution is 5.93. The van der Waals surface area contributed by atoms with Gasteiger partial charge in [-0.2, -0.15) is 5.10 Å². The first-order chi connectivity index (χ1) is 12.8. The number of para-hydroxylation sites is 1. The van der Waals surface area contributed by atoms with Crippen molar-refractivity contribution in [1.29, 1.82) is 0 Å². The number of anilines is 2. The molecule has 4 N–H and O–H groups in total. The lowest BCUT2D eigenvalue weighted by molar-refractivity contribution is 0.112. The molecule has 0 unspecified atom stereocenters. The molecule has 1 fully saturated rings. The predicted octanol–water partition coefficient (Wildman–Crippen LogP) is 3.36. The summed E-state index contributed by atoms with van der Waals surface area (Å²) in [5, 5.41) is 10.5. The molecule has 1 aromatic carbocycles. The molecule has 7 heteroatoms. The minimum Gasteiger partial charge on any atom is -0.382 e. The van der Waals surface area contributed by atoms with E-state index < -0.39 is 0 Å². The summed E-state index contributed by atoms with van der Waals surface area (Å²) in [7, 11) is 0. The van der Waals surface area contributed by atoms with Gasteiger partial charge in [0.25, 0.3) is 0 Å². The van der Waals surface area contributed by atoms with Crippen molar-refractivity contribution in [3.05, 3.63) is 35.5 Å². The number of aromatic nitrogens is 2. The van der Waals surface area contributed by atoms with Crippen LogP contribution in [0.1, 0.15) is 44.9 Å². The van der Waals surface area contributed by atoms with Crippen LogP contribution in [0.15, 0.2) is 24.3 Å². The number of urea groups is 1. The lowest BCUT2D eigenvalue weighted by atomic mass is 9.91. The van der Waals surface area contributed by atoms with Crippen LogP contribution in [0, 0.1) is 6.92 Å². The molecule has 27 heavy (non-hydrogen) atoms. The summed E-state index contributed by atoms with van der Waals surface area (Å²) in [6.07, 6.45) is 2.10. The van der Waals surface area contributed by atoms with Crippen LogP contribution >= 0.6 is 0 Å². The van der Waals surface area contributed by atoms with E-state index in [1.807, 2.05) is 52.0 Å². The van der Waals surface area contributed by atoms with Crippen molar-refractivity contribution < 1.29 is 9.53 Å². The summed E-state index contributed by atoms with van der Waals surface area (Å²) >= 11 is 0. The highest BCUT2D eigenvalue weighted by Gasteiger charge is 2.28. The first-order valence-electron chi connectivity index (χ1n) is 9.39. The lowest BCUT2D eigenvalue weighted by Gasteiger charge is -2.18. The van der Waals surface area contributed by atoms with Gasteiger partial charge >= 0.3 is 6.03 Å². The average Bonchev–Trinajstić information content (AvgIpc) is 3.22. The van der Waals surface area contributed by atoms with Crippen LogP contribution in [-0.2, 0) is 10.2 Å². The average molecular weight is 371 g/mol. The molecule has 0 aliphatic carbocycles. The smallest absolute Gasteiger partial charge is 0.319 e. The maximum absolute atomic E-state index is 12.4. The molecular formula is C20H29N5O2. The molecule has 2 heterocycles. The van der Waals surface area contributed by atoms with Crippen LogP contribution in [0.5, 0.6) is 0 Å². The number of carbonyl (C=O) groups excluding carboxylic acids is 1. The number of rotatable bonds is 4. The molecule has 146 valence electrons. The monoisotopic (exact) mass is 371 g/mol. The molecule has 2 amide bonds. The van der Waals surface area contributed by atoms with E-state index in [4.69, 9.17) is 15.6 Å². The van der Waals surface area contributed by atoms with Crippen molar-refractivity contribution in [2.75, 3.05) is 24.2 Å². The van der Waals surface area contributed by atoms with Gasteiger partial charge < -0.3 is 21.1 Å². The fraction of sp³-hybridized carbons (Fsp3) is 0.500. The number of nitrogens with one attached hydrogen (secondary N) is 2. The second kappa shape index (κ2) is 7.60. The zero-order valence-electron chi connectivity index (χ0n) is 16.5. The molecule has 7 nitrogen and oxygen atoms in total. The van der Waals surface area contributed by atoms with Gasteiger partial charge in [-0.05, 0) is 31.4 Å². The molecule has 2 aromatic rings. The van der Waals surface area contributed by atoms with Gasteiger partial charge in [-0.15, -0.1) is 0 Å². The third-order valence-electron chi connectivity index (χ3n) is 4.73. The third-order valence-corrected chi connectivity index (χ3v) is 4.73. The molecule has 0 saturated carbocycles. The van der Waals surface area contributed by atoms with Crippen LogP contribution in [0.4, 0.5) is 16.3 Å². The first-order valence-corrected chi connectivity index (χ1v) is 9.39. The number of nitrogens with zero attached hydrogens (tertiary/aromatic N) is 2. The zero-order valence-corrected chi connectivity index (χ0v) is 16.5. The third kappa shape index (κ3) is 4.24. The van der Waals surface area contributed by atoms with Crippen LogP contribution in [0.3, 0.4) is 0 Å². The molecule has 0 radical (unpaired) electrons. The van der Waals surface area contributed by atoms with Gasteiger partial charge in [0, 0.05) is 18.6 Å². The second-order valence-corrected chi connectivity index (χ2v) is 8.03. The molecule has 3 rings (SSSR count). The first kappa shape index (κ1) is 19.2. The molecule has 0 bridgehead atoms. The molecule has 1 aliphatic heterocycles. The van der Waals surface area contributed by atoms with Gasteiger partial charge in [0.15, 0.2) is 5.82 Å². The Bertz CT molecular complexity index is 816. The van der Waals surface area contributed by atoms with E-state index in [0.29, 0.717) is 18.1 Å². The Balaban J connectivity index is 1.86. The Morgan fingerprint density at radius 3 is 2.74 bits per heavy atom. The standard InChI is InChI=1S/C20H29N5O2/c1-13-8-5-6-10-15(13)25-18(21)16(17(24-25)20(2,3)4)23-19(26)22-12-14-9-7-11-27-14/h5-6,8,10,14H,7,9,11-12,21H2,1-4H3,(H2,22,23,26)/t14-/m0/s1. The molecule has 1 aliphatic rings. The number of hydrogen-bond donors (Lipinski definition) is 3. The van der Waals surface area contributed by atoms with Gasteiger partial charge in [0.05, 0.1) is 17.5 Å². The van der Waals surface area contributed by atoms with E-state index in [1.54, 1.807) is 4.68 Å². The van der Waals surface area contributed by atoms with Gasteiger partial charge in [0.1, 0.15) is 5.69 Å². The Morgan fingerprint density at radius 1 is 1.37 bits per heavy atom. The van der Waals surface area contributed by atoms with E-state index >= 15 is 0 Å². The van der Waals surface area contributed by atoms with Crippen LogP contribution < -0.4 is 16.4 Å². The number of aryl methyl sites for hydroxylation is 1. The van der Waals surface area contributed by atoms with Crippen molar-refractivity contribution >= 4 is 17.5 Å². The Kier molecular flexibility index (Phi) is 5.41. The summed E-state index contributed by atoms with van der Waals surface area (Å²) in [6, 6.07) is 7.59. The fourth-order valence-corrected chi connectivity index (χ4v) is 3.23. The Hall–Kier alpha value is -2.54. The summed E-state index contributed by atoms with van der Waals surface area (Å²) in [4.78, 5) is 12.4. The normalized spacial score (nSPS) is 17.1. The summed E-state index contributed by atoms with van der Waals surface area (Å²) < 4.78 is 7.25. The Labute approximate surface area is 160 Å². The van der Waals surface area contributed by atoms with Crippen molar-refractivity contribution in [3.8, 4) is 5.69 Å². The van der Waals surface area contributed by atoms with Crippen molar-refractivity contribution in [1.82, 2.24) is 15.1 Å². The van der Waals surface area contributed by atoms with E-state index in [-0.39, 0.29) is 17.6 Å². The maximum Gasteiger partial charge on any atom is 0.319 e. The van der Waals surface area contributed by atoms with Crippen LogP contribution in [-0.4, -0.2) is 35.1 Å². The lowest BCUT2D eigenvalue weighted by Crippen LogP contribution is -2.35. The van der Waals surface area contributed by atoms with Crippen LogP contribution in [0.2, 0.25) is 0 Å². The molecule has 0 spiro atoms. The number of benzene rings is 1. The minimum absolute atomic E-state index is 0.0878. The topological polar surface area (TPSA) is 94.2 Å². The maximum atomic E-state index is 12.4. The van der Waals surface area contributed by atoms with Crippen molar-refractivity contribution in [3.63, 3.8) is 0 Å². The SMILES string of the molecule is Cc1ccccc1-n1nc(C(C)(C)C)c(NC(=O)NC[C@@H]2CCCO2)c1N. The van der Waals surface area contributed by atoms with E-state index in [0.717, 1.165) is 36.4 Å². The number of nitrogen functional groups attached to an aromatic ring is 1. The number of nitrogens with two attached hydrogens (primary N) is 1.